The molecule has 0 bridgehead atoms. The Hall–Kier alpha value is -1.00. The van der Waals surface area contributed by atoms with Crippen molar-refractivity contribution in [3.05, 3.63) is 35.4 Å². The van der Waals surface area contributed by atoms with Gasteiger partial charge in [0, 0.05) is 13.1 Å². The van der Waals surface area contributed by atoms with Gasteiger partial charge in [0.2, 0.25) is 0 Å². The van der Waals surface area contributed by atoms with Gasteiger partial charge in [-0.25, -0.2) is 8.78 Å². The number of nitrogens with one attached hydrogen (secondary N) is 1. The van der Waals surface area contributed by atoms with Gasteiger partial charge in [0.25, 0.3) is 0 Å². The zero-order valence-electron chi connectivity index (χ0n) is 11.3. The SMILES string of the molecule is CCC(CNC)CN(C)Cc1ccc(F)c(F)c1. The lowest BCUT2D eigenvalue weighted by atomic mass is 10.1. The number of rotatable bonds is 7. The third-order valence-corrected chi connectivity index (χ3v) is 3.08. The molecule has 4 heteroatoms. The van der Waals surface area contributed by atoms with Gasteiger partial charge in [-0.05, 0) is 44.3 Å². The summed E-state index contributed by atoms with van der Waals surface area (Å²) in [6.45, 7) is 4.71. The second-order valence-electron chi connectivity index (χ2n) is 4.78. The van der Waals surface area contributed by atoms with Crippen molar-refractivity contribution in [2.45, 2.75) is 19.9 Å². The first-order valence-electron chi connectivity index (χ1n) is 6.33. The molecule has 1 unspecified atom stereocenters. The zero-order valence-corrected chi connectivity index (χ0v) is 11.3. The molecule has 0 aliphatic heterocycles. The Morgan fingerprint density at radius 1 is 1.28 bits per heavy atom. The Balaban J connectivity index is 2.52. The molecule has 0 saturated heterocycles. The smallest absolute Gasteiger partial charge is 0.159 e. The minimum Gasteiger partial charge on any atom is -0.319 e. The van der Waals surface area contributed by atoms with Crippen LogP contribution in [-0.4, -0.2) is 32.1 Å². The van der Waals surface area contributed by atoms with Crippen molar-refractivity contribution in [1.29, 1.82) is 0 Å². The second kappa shape index (κ2) is 7.44. The summed E-state index contributed by atoms with van der Waals surface area (Å²) in [4.78, 5) is 2.14. The Morgan fingerprint density at radius 2 is 2.00 bits per heavy atom. The van der Waals surface area contributed by atoms with Crippen LogP contribution in [-0.2, 0) is 6.54 Å². The summed E-state index contributed by atoms with van der Waals surface area (Å²) in [5, 5.41) is 3.17. The molecule has 1 aromatic carbocycles. The molecular formula is C14H22F2N2. The average Bonchev–Trinajstić information content (AvgIpc) is 2.33. The average molecular weight is 256 g/mol. The standard InChI is InChI=1S/C14H22F2N2/c1-4-11(8-17-2)9-18(3)10-12-5-6-13(15)14(16)7-12/h5-7,11,17H,4,8-10H2,1-3H3. The Labute approximate surface area is 108 Å². The fourth-order valence-corrected chi connectivity index (χ4v) is 2.08. The van der Waals surface area contributed by atoms with Crippen LogP contribution in [0.5, 0.6) is 0 Å². The molecule has 0 spiro atoms. The van der Waals surface area contributed by atoms with Gasteiger partial charge in [-0.3, -0.25) is 0 Å². The topological polar surface area (TPSA) is 15.3 Å². The van der Waals surface area contributed by atoms with E-state index >= 15 is 0 Å². The van der Waals surface area contributed by atoms with Crippen molar-refractivity contribution in [3.63, 3.8) is 0 Å². The number of nitrogens with zero attached hydrogens (tertiary/aromatic N) is 1. The Bertz CT molecular complexity index is 369. The first-order chi connectivity index (χ1) is 8.56. The van der Waals surface area contributed by atoms with Crippen molar-refractivity contribution in [1.82, 2.24) is 10.2 Å². The number of hydrogen-bond donors (Lipinski definition) is 1. The summed E-state index contributed by atoms with van der Waals surface area (Å²) in [7, 11) is 3.94. The third-order valence-electron chi connectivity index (χ3n) is 3.08. The predicted molar refractivity (Wildman–Crippen MR) is 70.4 cm³/mol. The molecule has 18 heavy (non-hydrogen) atoms. The first-order valence-corrected chi connectivity index (χ1v) is 6.33. The molecule has 0 radical (unpaired) electrons. The third kappa shape index (κ3) is 4.70. The molecule has 0 aliphatic rings. The lowest BCUT2D eigenvalue weighted by molar-refractivity contribution is 0.261. The van der Waals surface area contributed by atoms with Crippen molar-refractivity contribution in [2.24, 2.45) is 5.92 Å². The van der Waals surface area contributed by atoms with E-state index in [2.05, 4.69) is 17.1 Å². The molecule has 0 saturated carbocycles. The van der Waals surface area contributed by atoms with Crippen LogP contribution in [0.2, 0.25) is 0 Å². The molecule has 2 nitrogen and oxygen atoms in total. The zero-order chi connectivity index (χ0) is 13.5. The molecule has 1 rings (SSSR count). The van der Waals surface area contributed by atoms with Crippen LogP contribution in [0.15, 0.2) is 18.2 Å². The molecular weight excluding hydrogens is 234 g/mol. The fraction of sp³-hybridized carbons (Fsp3) is 0.571. The Kier molecular flexibility index (Phi) is 6.22. The van der Waals surface area contributed by atoms with Crippen LogP contribution in [0.4, 0.5) is 8.78 Å². The van der Waals surface area contributed by atoms with Crippen LogP contribution >= 0.6 is 0 Å². The fourth-order valence-electron chi connectivity index (χ4n) is 2.08. The lowest BCUT2D eigenvalue weighted by Crippen LogP contribution is -2.30. The summed E-state index contributed by atoms with van der Waals surface area (Å²) >= 11 is 0. The number of halogens is 2. The van der Waals surface area contributed by atoms with E-state index in [1.54, 1.807) is 6.07 Å². The number of benzene rings is 1. The quantitative estimate of drug-likeness (QED) is 0.807. The molecule has 0 amide bonds. The van der Waals surface area contributed by atoms with E-state index in [1.807, 2.05) is 14.1 Å². The van der Waals surface area contributed by atoms with Crippen molar-refractivity contribution in [2.75, 3.05) is 27.2 Å². The second-order valence-corrected chi connectivity index (χ2v) is 4.78. The van der Waals surface area contributed by atoms with E-state index in [1.165, 1.54) is 12.1 Å². The van der Waals surface area contributed by atoms with Crippen LogP contribution in [0.1, 0.15) is 18.9 Å². The van der Waals surface area contributed by atoms with Gasteiger partial charge in [-0.1, -0.05) is 19.4 Å². The minimum absolute atomic E-state index is 0.574. The van der Waals surface area contributed by atoms with Crippen LogP contribution in [0.25, 0.3) is 0 Å². The monoisotopic (exact) mass is 256 g/mol. The maximum Gasteiger partial charge on any atom is 0.159 e. The predicted octanol–water partition coefficient (Wildman–Crippen LogP) is 2.64. The minimum atomic E-state index is -0.789. The number of hydrogen-bond acceptors (Lipinski definition) is 2. The molecule has 1 N–H and O–H groups in total. The van der Waals surface area contributed by atoms with Crippen molar-refractivity contribution < 1.29 is 8.78 Å². The molecule has 102 valence electrons. The molecule has 1 atom stereocenters. The van der Waals surface area contributed by atoms with Gasteiger partial charge in [0.05, 0.1) is 0 Å². The van der Waals surface area contributed by atoms with Crippen LogP contribution < -0.4 is 5.32 Å². The van der Waals surface area contributed by atoms with E-state index < -0.39 is 11.6 Å². The maximum absolute atomic E-state index is 13.1. The molecule has 1 aromatic rings. The van der Waals surface area contributed by atoms with Gasteiger partial charge < -0.3 is 10.2 Å². The molecule has 0 aromatic heterocycles. The highest BCUT2D eigenvalue weighted by atomic mass is 19.2. The first kappa shape index (κ1) is 15.1. The van der Waals surface area contributed by atoms with Crippen molar-refractivity contribution >= 4 is 0 Å². The van der Waals surface area contributed by atoms with Gasteiger partial charge >= 0.3 is 0 Å². The highest BCUT2D eigenvalue weighted by Gasteiger charge is 2.10. The van der Waals surface area contributed by atoms with Gasteiger partial charge in [-0.2, -0.15) is 0 Å². The lowest BCUT2D eigenvalue weighted by Gasteiger charge is -2.23. The highest BCUT2D eigenvalue weighted by Crippen LogP contribution is 2.12. The summed E-state index contributed by atoms with van der Waals surface area (Å²) in [5.41, 5.74) is 0.802. The summed E-state index contributed by atoms with van der Waals surface area (Å²) in [6.07, 6.45) is 1.10. The molecule has 0 aliphatic carbocycles. The van der Waals surface area contributed by atoms with E-state index in [0.717, 1.165) is 25.1 Å². The largest absolute Gasteiger partial charge is 0.319 e. The van der Waals surface area contributed by atoms with E-state index in [-0.39, 0.29) is 0 Å². The Morgan fingerprint density at radius 3 is 2.56 bits per heavy atom. The van der Waals surface area contributed by atoms with Crippen LogP contribution in [0.3, 0.4) is 0 Å². The van der Waals surface area contributed by atoms with Crippen molar-refractivity contribution in [3.8, 4) is 0 Å². The summed E-state index contributed by atoms with van der Waals surface area (Å²) in [5.74, 6) is -0.989. The normalized spacial score (nSPS) is 13.0. The van der Waals surface area contributed by atoms with Gasteiger partial charge in [-0.15, -0.1) is 0 Å². The van der Waals surface area contributed by atoms with E-state index in [0.29, 0.717) is 12.5 Å². The van der Waals surface area contributed by atoms with E-state index in [4.69, 9.17) is 0 Å². The summed E-state index contributed by atoms with van der Waals surface area (Å²) < 4.78 is 25.9. The van der Waals surface area contributed by atoms with Gasteiger partial charge in [0.1, 0.15) is 0 Å². The van der Waals surface area contributed by atoms with E-state index in [9.17, 15) is 8.78 Å². The maximum atomic E-state index is 13.1. The molecule has 0 heterocycles. The van der Waals surface area contributed by atoms with Gasteiger partial charge in [0.15, 0.2) is 11.6 Å². The van der Waals surface area contributed by atoms with Crippen LogP contribution in [0, 0.1) is 17.6 Å². The molecule has 0 fully saturated rings. The summed E-state index contributed by atoms with van der Waals surface area (Å²) in [6, 6.07) is 4.09. The highest BCUT2D eigenvalue weighted by molar-refractivity contribution is 5.17.